The van der Waals surface area contributed by atoms with Gasteiger partial charge < -0.3 is 14.6 Å². The Hall–Kier alpha value is -1.90. The predicted molar refractivity (Wildman–Crippen MR) is 113 cm³/mol. The molecule has 1 aromatic rings. The Morgan fingerprint density at radius 1 is 1.35 bits per heavy atom. The molecule has 2 saturated carbocycles. The fourth-order valence-electron chi connectivity index (χ4n) is 5.66. The number of likely N-dealkylation sites (tertiary alicyclic amines) is 1. The molecule has 0 aromatic carbocycles. The Morgan fingerprint density at radius 2 is 2.13 bits per heavy atom. The third-order valence-corrected chi connectivity index (χ3v) is 8.65. The van der Waals surface area contributed by atoms with E-state index >= 15 is 0 Å². The van der Waals surface area contributed by atoms with Gasteiger partial charge in [-0.25, -0.2) is 8.78 Å². The number of amides is 2. The lowest BCUT2D eigenvalue weighted by Gasteiger charge is -2.34. The van der Waals surface area contributed by atoms with Gasteiger partial charge in [-0.15, -0.1) is 0 Å². The van der Waals surface area contributed by atoms with Gasteiger partial charge in [-0.2, -0.15) is 0 Å². The zero-order chi connectivity index (χ0) is 21.8. The van der Waals surface area contributed by atoms with Crippen LogP contribution in [-0.2, 0) is 4.79 Å². The summed E-state index contributed by atoms with van der Waals surface area (Å²) < 4.78 is 31.9. The molecule has 2 saturated heterocycles. The van der Waals surface area contributed by atoms with Crippen molar-refractivity contribution in [3.8, 4) is 0 Å². The molecule has 2 amide bonds. The van der Waals surface area contributed by atoms with E-state index in [0.29, 0.717) is 49.0 Å². The van der Waals surface area contributed by atoms with E-state index in [9.17, 15) is 18.4 Å². The highest BCUT2D eigenvalue weighted by Gasteiger charge is 2.57. The summed E-state index contributed by atoms with van der Waals surface area (Å²) >= 11 is 1.44. The molecule has 1 N–H and O–H groups in total. The summed E-state index contributed by atoms with van der Waals surface area (Å²) in [7, 11) is 0. The lowest BCUT2D eigenvalue weighted by Crippen LogP contribution is -2.41. The van der Waals surface area contributed by atoms with Crippen LogP contribution >= 0.6 is 11.8 Å². The SMILES string of the molecule is CC1(CC2CCN(C(=O)c3ccoc3)CC2)SC(=N[C@H]2C[C@H]3CC2CC3(F)F)NC1=O. The molecule has 2 aliphatic heterocycles. The van der Waals surface area contributed by atoms with Crippen molar-refractivity contribution in [3.63, 3.8) is 0 Å². The van der Waals surface area contributed by atoms with Crippen LogP contribution in [0.25, 0.3) is 0 Å². The van der Waals surface area contributed by atoms with Crippen LogP contribution in [0, 0.1) is 17.8 Å². The van der Waals surface area contributed by atoms with E-state index in [0.717, 1.165) is 12.8 Å². The highest BCUT2D eigenvalue weighted by molar-refractivity contribution is 8.16. The predicted octanol–water partition coefficient (Wildman–Crippen LogP) is 3.93. The number of nitrogens with one attached hydrogen (secondary N) is 1. The fraction of sp³-hybridized carbons (Fsp3) is 0.682. The summed E-state index contributed by atoms with van der Waals surface area (Å²) in [6.07, 6.45) is 6.25. The number of thioether (sulfide) groups is 1. The van der Waals surface area contributed by atoms with Gasteiger partial charge in [0.05, 0.1) is 22.6 Å². The standard InChI is InChI=1S/C22H27F2N3O3S/c1-21(10-13-2-5-27(6-3-13)18(28)14-4-7-30-12-14)19(29)26-20(31-21)25-17-9-16-8-15(17)11-22(16,23)24/h4,7,12-13,15-17H,2-3,5-6,8-11H2,1H3,(H,25,26,29)/t15?,16-,17+,21?/m1/s1. The van der Waals surface area contributed by atoms with Gasteiger partial charge in [-0.1, -0.05) is 11.8 Å². The molecule has 0 radical (unpaired) electrons. The summed E-state index contributed by atoms with van der Waals surface area (Å²) in [6, 6.07) is 1.57. The van der Waals surface area contributed by atoms with Crippen molar-refractivity contribution >= 4 is 28.7 Å². The first kappa shape index (κ1) is 21.0. The molecule has 9 heteroatoms. The van der Waals surface area contributed by atoms with Crippen molar-refractivity contribution in [1.82, 2.24) is 10.2 Å². The first-order valence-electron chi connectivity index (χ1n) is 11.0. The van der Waals surface area contributed by atoms with Gasteiger partial charge >= 0.3 is 0 Å². The van der Waals surface area contributed by atoms with Gasteiger partial charge in [0, 0.05) is 25.4 Å². The van der Waals surface area contributed by atoms with Crippen LogP contribution in [0.4, 0.5) is 8.78 Å². The topological polar surface area (TPSA) is 74.9 Å². The Balaban J connectivity index is 1.16. The molecule has 2 unspecified atom stereocenters. The molecule has 6 nitrogen and oxygen atoms in total. The van der Waals surface area contributed by atoms with Crippen LogP contribution in [0.15, 0.2) is 28.0 Å². The Kier molecular flexibility index (Phi) is 5.14. The number of fused-ring (bicyclic) bond motifs is 2. The van der Waals surface area contributed by atoms with E-state index in [4.69, 9.17) is 4.42 Å². The molecule has 0 spiro atoms. The molecule has 1 aromatic heterocycles. The van der Waals surface area contributed by atoms with E-state index in [-0.39, 0.29) is 30.2 Å². The van der Waals surface area contributed by atoms with Crippen molar-refractivity contribution < 1.29 is 22.8 Å². The number of furan rings is 1. The Labute approximate surface area is 184 Å². The first-order valence-corrected chi connectivity index (χ1v) is 11.8. The summed E-state index contributed by atoms with van der Waals surface area (Å²) in [5.74, 6) is -2.91. The summed E-state index contributed by atoms with van der Waals surface area (Å²) in [6.45, 7) is 3.27. The highest BCUT2D eigenvalue weighted by Crippen LogP contribution is 2.55. The third kappa shape index (κ3) is 3.90. The minimum atomic E-state index is -2.55. The number of alkyl halides is 2. The molecule has 168 valence electrons. The quantitative estimate of drug-likeness (QED) is 0.753. The molecule has 4 atom stereocenters. The molecular weight excluding hydrogens is 424 g/mol. The van der Waals surface area contributed by atoms with Crippen LogP contribution in [0.2, 0.25) is 0 Å². The normalized spacial score (nSPS) is 36.4. The molecule has 3 heterocycles. The zero-order valence-electron chi connectivity index (χ0n) is 17.5. The lowest BCUT2D eigenvalue weighted by atomic mass is 9.87. The van der Waals surface area contributed by atoms with Crippen LogP contribution < -0.4 is 5.32 Å². The Bertz CT molecular complexity index is 898. The average molecular weight is 452 g/mol. The molecule has 2 bridgehead atoms. The van der Waals surface area contributed by atoms with Crippen molar-refractivity contribution in [1.29, 1.82) is 0 Å². The minimum Gasteiger partial charge on any atom is -0.472 e. The van der Waals surface area contributed by atoms with E-state index in [2.05, 4.69) is 10.3 Å². The molecule has 2 aliphatic carbocycles. The smallest absolute Gasteiger partial charge is 0.257 e. The van der Waals surface area contributed by atoms with E-state index in [1.165, 1.54) is 24.3 Å². The molecular formula is C22H27F2N3O3S. The number of amidine groups is 1. The number of carbonyl (C=O) groups excluding carboxylic acids is 2. The number of carbonyl (C=O) groups is 2. The highest BCUT2D eigenvalue weighted by atomic mass is 32.2. The van der Waals surface area contributed by atoms with Crippen LogP contribution in [-0.4, -0.2) is 51.7 Å². The molecule has 31 heavy (non-hydrogen) atoms. The number of nitrogens with zero attached hydrogens (tertiary/aromatic N) is 2. The van der Waals surface area contributed by atoms with Crippen molar-refractivity contribution in [2.24, 2.45) is 22.7 Å². The van der Waals surface area contributed by atoms with Gasteiger partial charge in [0.15, 0.2) is 5.17 Å². The molecule has 4 aliphatic rings. The van der Waals surface area contributed by atoms with Crippen molar-refractivity contribution in [3.05, 3.63) is 24.2 Å². The molecule has 4 fully saturated rings. The number of hydrogen-bond acceptors (Lipinski definition) is 5. The van der Waals surface area contributed by atoms with Crippen LogP contribution in [0.5, 0.6) is 0 Å². The second-order valence-corrected chi connectivity index (χ2v) is 11.1. The average Bonchev–Trinajstić information content (AvgIpc) is 3.47. The van der Waals surface area contributed by atoms with Gasteiger partial charge in [-0.05, 0) is 56.9 Å². The van der Waals surface area contributed by atoms with Gasteiger partial charge in [0.1, 0.15) is 6.26 Å². The van der Waals surface area contributed by atoms with E-state index < -0.39 is 16.6 Å². The Morgan fingerprint density at radius 3 is 2.74 bits per heavy atom. The minimum absolute atomic E-state index is 0.0164. The maximum Gasteiger partial charge on any atom is 0.257 e. The summed E-state index contributed by atoms with van der Waals surface area (Å²) in [4.78, 5) is 31.7. The number of hydrogen-bond donors (Lipinski definition) is 1. The second-order valence-electron chi connectivity index (χ2n) is 9.63. The van der Waals surface area contributed by atoms with Gasteiger partial charge in [0.2, 0.25) is 5.91 Å². The number of halogens is 2. The number of rotatable bonds is 4. The monoisotopic (exact) mass is 451 g/mol. The van der Waals surface area contributed by atoms with E-state index in [1.54, 1.807) is 6.07 Å². The van der Waals surface area contributed by atoms with Gasteiger partial charge in [0.25, 0.3) is 11.8 Å². The number of aliphatic imine (C=N–C) groups is 1. The van der Waals surface area contributed by atoms with Crippen molar-refractivity contribution in [2.45, 2.75) is 62.2 Å². The van der Waals surface area contributed by atoms with E-state index in [1.807, 2.05) is 11.8 Å². The van der Waals surface area contributed by atoms with Crippen molar-refractivity contribution in [2.75, 3.05) is 13.1 Å². The summed E-state index contributed by atoms with van der Waals surface area (Å²) in [5.41, 5.74) is 0.565. The number of piperidine rings is 1. The fourth-order valence-corrected chi connectivity index (χ4v) is 6.88. The van der Waals surface area contributed by atoms with Crippen LogP contribution in [0.3, 0.4) is 0 Å². The lowest BCUT2D eigenvalue weighted by molar-refractivity contribution is -0.121. The maximum atomic E-state index is 13.8. The summed E-state index contributed by atoms with van der Waals surface area (Å²) in [5, 5.41) is 3.48. The second kappa shape index (κ2) is 7.60. The first-order chi connectivity index (χ1) is 14.7. The third-order valence-electron chi connectivity index (χ3n) is 7.44. The zero-order valence-corrected chi connectivity index (χ0v) is 18.3. The van der Waals surface area contributed by atoms with Gasteiger partial charge in [-0.3, -0.25) is 14.6 Å². The molecule has 5 rings (SSSR count). The van der Waals surface area contributed by atoms with Crippen LogP contribution in [0.1, 0.15) is 55.8 Å². The largest absolute Gasteiger partial charge is 0.472 e. The maximum absolute atomic E-state index is 13.8.